The van der Waals surface area contributed by atoms with Crippen LogP contribution < -0.4 is 10.6 Å². The van der Waals surface area contributed by atoms with Crippen LogP contribution >= 0.6 is 11.3 Å². The first-order valence-electron chi connectivity index (χ1n) is 8.21. The van der Waals surface area contributed by atoms with E-state index in [9.17, 15) is 0 Å². The third kappa shape index (κ3) is 3.60. The molecule has 0 aromatic carbocycles. The number of rotatable bonds is 4. The highest BCUT2D eigenvalue weighted by Crippen LogP contribution is 2.30. The lowest BCUT2D eigenvalue weighted by Crippen LogP contribution is -2.50. The summed E-state index contributed by atoms with van der Waals surface area (Å²) in [7, 11) is 0. The van der Waals surface area contributed by atoms with Gasteiger partial charge in [-0.15, -0.1) is 11.3 Å². The van der Waals surface area contributed by atoms with E-state index in [1.807, 2.05) is 17.5 Å². The second kappa shape index (κ2) is 7.01. The zero-order valence-corrected chi connectivity index (χ0v) is 13.3. The molecule has 3 atom stereocenters. The molecule has 1 saturated heterocycles. The van der Waals surface area contributed by atoms with Crippen molar-refractivity contribution >= 4 is 11.3 Å². The Morgan fingerprint density at radius 1 is 1.25 bits per heavy atom. The Morgan fingerprint density at radius 3 is 2.85 bits per heavy atom. The lowest BCUT2D eigenvalue weighted by Gasteiger charge is -2.40. The van der Waals surface area contributed by atoms with E-state index in [1.54, 1.807) is 0 Å². The maximum absolute atomic E-state index is 4.48. The van der Waals surface area contributed by atoms with Gasteiger partial charge in [0.25, 0.3) is 0 Å². The summed E-state index contributed by atoms with van der Waals surface area (Å²) in [5.41, 5.74) is 0. The third-order valence-corrected chi connectivity index (χ3v) is 5.78. The molecule has 2 fully saturated rings. The van der Waals surface area contributed by atoms with Crippen molar-refractivity contribution < 1.29 is 0 Å². The molecule has 0 amide bonds. The molecule has 3 nitrogen and oxygen atoms in total. The molecule has 1 aromatic heterocycles. The molecule has 1 aliphatic heterocycles. The Bertz CT molecular complexity index is 412. The molecule has 3 unspecified atom stereocenters. The van der Waals surface area contributed by atoms with Gasteiger partial charge >= 0.3 is 0 Å². The molecule has 2 N–H and O–H groups in total. The van der Waals surface area contributed by atoms with Crippen molar-refractivity contribution in [3.63, 3.8) is 0 Å². The SMILES string of the molecule is Cc1cnc(CNC2CCCCC2C2CCCCN2)s1. The van der Waals surface area contributed by atoms with E-state index in [1.165, 1.54) is 61.4 Å². The topological polar surface area (TPSA) is 37.0 Å². The van der Waals surface area contributed by atoms with Crippen LogP contribution in [0.2, 0.25) is 0 Å². The monoisotopic (exact) mass is 293 g/mol. The number of hydrogen-bond donors (Lipinski definition) is 2. The standard InChI is InChI=1S/C16H27N3S/c1-12-10-19-16(20-12)11-18-15-7-3-2-6-13(15)14-8-4-5-9-17-14/h10,13-15,17-18H,2-9,11H2,1H3. The number of aromatic nitrogens is 1. The molecule has 2 aliphatic rings. The van der Waals surface area contributed by atoms with Gasteiger partial charge < -0.3 is 10.6 Å². The van der Waals surface area contributed by atoms with Crippen LogP contribution in [0.5, 0.6) is 0 Å². The van der Waals surface area contributed by atoms with E-state index < -0.39 is 0 Å². The zero-order valence-electron chi connectivity index (χ0n) is 12.5. The van der Waals surface area contributed by atoms with E-state index in [0.717, 1.165) is 18.5 Å². The summed E-state index contributed by atoms with van der Waals surface area (Å²) in [5, 5.41) is 8.81. The predicted octanol–water partition coefficient (Wildman–Crippen LogP) is 3.24. The Morgan fingerprint density at radius 2 is 2.10 bits per heavy atom. The van der Waals surface area contributed by atoms with E-state index in [4.69, 9.17) is 0 Å². The van der Waals surface area contributed by atoms with E-state index in [0.29, 0.717) is 6.04 Å². The molecule has 0 bridgehead atoms. The van der Waals surface area contributed by atoms with Crippen LogP contribution in [0.4, 0.5) is 0 Å². The molecule has 0 radical (unpaired) electrons. The van der Waals surface area contributed by atoms with Crippen molar-refractivity contribution in [3.8, 4) is 0 Å². The van der Waals surface area contributed by atoms with Gasteiger partial charge in [0, 0.05) is 29.7 Å². The van der Waals surface area contributed by atoms with Crippen molar-refractivity contribution in [2.45, 2.75) is 70.5 Å². The smallest absolute Gasteiger partial charge is 0.107 e. The highest BCUT2D eigenvalue weighted by atomic mass is 32.1. The predicted molar refractivity (Wildman–Crippen MR) is 85.1 cm³/mol. The molecule has 3 rings (SSSR count). The number of thiazole rings is 1. The number of piperidine rings is 1. The Kier molecular flexibility index (Phi) is 5.08. The Hall–Kier alpha value is -0.450. The van der Waals surface area contributed by atoms with Gasteiger partial charge in [0.1, 0.15) is 5.01 Å². The number of nitrogens with one attached hydrogen (secondary N) is 2. The van der Waals surface area contributed by atoms with Crippen molar-refractivity contribution in [2.75, 3.05) is 6.54 Å². The van der Waals surface area contributed by atoms with Gasteiger partial charge in [-0.3, -0.25) is 0 Å². The minimum Gasteiger partial charge on any atom is -0.314 e. The molecule has 20 heavy (non-hydrogen) atoms. The normalized spacial score (nSPS) is 31.4. The summed E-state index contributed by atoms with van der Waals surface area (Å²) in [4.78, 5) is 5.79. The molecular weight excluding hydrogens is 266 g/mol. The third-order valence-electron chi connectivity index (χ3n) is 4.87. The summed E-state index contributed by atoms with van der Waals surface area (Å²) in [6, 6.07) is 1.43. The fourth-order valence-corrected chi connectivity index (χ4v) is 4.58. The van der Waals surface area contributed by atoms with Gasteiger partial charge in [0.15, 0.2) is 0 Å². The number of hydrogen-bond acceptors (Lipinski definition) is 4. The average Bonchev–Trinajstić information content (AvgIpc) is 2.92. The minimum absolute atomic E-state index is 0.684. The van der Waals surface area contributed by atoms with Gasteiger partial charge in [-0.25, -0.2) is 4.98 Å². The number of nitrogens with zero attached hydrogens (tertiary/aromatic N) is 1. The van der Waals surface area contributed by atoms with Gasteiger partial charge in [0.2, 0.25) is 0 Å². The molecule has 1 aliphatic carbocycles. The number of aryl methyl sites for hydroxylation is 1. The summed E-state index contributed by atoms with van der Waals surface area (Å²) in [6.45, 7) is 4.31. The zero-order chi connectivity index (χ0) is 13.8. The van der Waals surface area contributed by atoms with Crippen LogP contribution in [0.25, 0.3) is 0 Å². The summed E-state index contributed by atoms with van der Waals surface area (Å²) in [5.74, 6) is 0.824. The Labute approximate surface area is 126 Å². The highest BCUT2D eigenvalue weighted by molar-refractivity contribution is 7.11. The molecule has 1 aromatic rings. The maximum Gasteiger partial charge on any atom is 0.107 e. The minimum atomic E-state index is 0.684. The Balaban J connectivity index is 1.57. The second-order valence-electron chi connectivity index (χ2n) is 6.36. The summed E-state index contributed by atoms with van der Waals surface area (Å²) in [6.07, 6.45) is 11.7. The summed E-state index contributed by atoms with van der Waals surface area (Å²) < 4.78 is 0. The van der Waals surface area contributed by atoms with Crippen molar-refractivity contribution in [3.05, 3.63) is 16.1 Å². The lowest BCUT2D eigenvalue weighted by molar-refractivity contribution is 0.181. The van der Waals surface area contributed by atoms with Crippen LogP contribution in [0.1, 0.15) is 54.8 Å². The van der Waals surface area contributed by atoms with Gasteiger partial charge in [-0.05, 0) is 45.1 Å². The lowest BCUT2D eigenvalue weighted by atomic mass is 9.77. The highest BCUT2D eigenvalue weighted by Gasteiger charge is 2.32. The van der Waals surface area contributed by atoms with Gasteiger partial charge in [-0.1, -0.05) is 19.3 Å². The van der Waals surface area contributed by atoms with Crippen LogP contribution in [0.3, 0.4) is 0 Å². The molecule has 4 heteroatoms. The molecule has 2 heterocycles. The first-order chi connectivity index (χ1) is 9.83. The molecule has 1 saturated carbocycles. The van der Waals surface area contributed by atoms with Crippen LogP contribution in [0.15, 0.2) is 6.20 Å². The quantitative estimate of drug-likeness (QED) is 0.895. The summed E-state index contributed by atoms with van der Waals surface area (Å²) >= 11 is 1.82. The maximum atomic E-state index is 4.48. The molecular formula is C16H27N3S. The average molecular weight is 293 g/mol. The largest absolute Gasteiger partial charge is 0.314 e. The van der Waals surface area contributed by atoms with Crippen molar-refractivity contribution in [2.24, 2.45) is 5.92 Å². The van der Waals surface area contributed by atoms with Crippen molar-refractivity contribution in [1.29, 1.82) is 0 Å². The fraction of sp³-hybridized carbons (Fsp3) is 0.812. The van der Waals surface area contributed by atoms with Crippen molar-refractivity contribution in [1.82, 2.24) is 15.6 Å². The molecule has 0 spiro atoms. The van der Waals surface area contributed by atoms with E-state index in [2.05, 4.69) is 22.5 Å². The van der Waals surface area contributed by atoms with Crippen LogP contribution in [0, 0.1) is 12.8 Å². The van der Waals surface area contributed by atoms with Crippen LogP contribution in [-0.2, 0) is 6.54 Å². The van der Waals surface area contributed by atoms with Crippen LogP contribution in [-0.4, -0.2) is 23.6 Å². The fourth-order valence-electron chi connectivity index (χ4n) is 3.84. The van der Waals surface area contributed by atoms with E-state index >= 15 is 0 Å². The molecule has 112 valence electrons. The first kappa shape index (κ1) is 14.5. The van der Waals surface area contributed by atoms with Gasteiger partial charge in [0.05, 0.1) is 0 Å². The first-order valence-corrected chi connectivity index (χ1v) is 9.02. The second-order valence-corrected chi connectivity index (χ2v) is 7.68. The van der Waals surface area contributed by atoms with Gasteiger partial charge in [-0.2, -0.15) is 0 Å². The van der Waals surface area contributed by atoms with E-state index in [-0.39, 0.29) is 0 Å².